The predicted molar refractivity (Wildman–Crippen MR) is 160 cm³/mol. The highest BCUT2D eigenvalue weighted by atomic mass is 32.2. The molecule has 4 heterocycles. The molecule has 2 unspecified atom stereocenters. The highest BCUT2D eigenvalue weighted by Crippen LogP contribution is 2.72. The standard InChI is InChI=1S/C32H40N4O5S/c1-31-12-13-32(42-31)26(25(31)28(38)34-20-22-8-4-2-5-9-22)30(40)36(24(21-37)23-10-6-3-7-11-23)27(32)29(39)33-14-15-35-16-18-41-19-17-35/h2-11,24-27,37H,12-21H2,1H3,(H,33,39)(H,34,38)/t24-,25+,26+,27?,31-,32?/m1/s1. The van der Waals surface area contributed by atoms with Crippen LogP contribution in [-0.2, 0) is 25.7 Å². The third-order valence-electron chi connectivity index (χ3n) is 9.58. The van der Waals surface area contributed by atoms with Crippen molar-refractivity contribution in [3.63, 3.8) is 0 Å². The Bertz CT molecular complexity index is 1290. The maximum atomic E-state index is 14.5. The van der Waals surface area contributed by atoms with Crippen LogP contribution < -0.4 is 10.6 Å². The van der Waals surface area contributed by atoms with Crippen molar-refractivity contribution < 1.29 is 24.2 Å². The summed E-state index contributed by atoms with van der Waals surface area (Å²) in [6.45, 7) is 6.30. The Labute approximate surface area is 251 Å². The highest BCUT2D eigenvalue weighted by molar-refractivity contribution is 8.02. The van der Waals surface area contributed by atoms with Crippen LogP contribution >= 0.6 is 11.8 Å². The minimum atomic E-state index is -0.796. The van der Waals surface area contributed by atoms with Gasteiger partial charge in [0.05, 0.1) is 42.4 Å². The molecule has 10 heteroatoms. The van der Waals surface area contributed by atoms with Gasteiger partial charge in [0.2, 0.25) is 17.7 Å². The van der Waals surface area contributed by atoms with Crippen molar-refractivity contribution in [1.82, 2.24) is 20.4 Å². The lowest BCUT2D eigenvalue weighted by molar-refractivity contribution is -0.143. The van der Waals surface area contributed by atoms with Crippen LogP contribution in [0, 0.1) is 11.8 Å². The van der Waals surface area contributed by atoms with Gasteiger partial charge in [-0.05, 0) is 30.9 Å². The SMILES string of the molecule is C[C@]12CCC3(S1)C(C(=O)NCCN1CCOCC1)N([C@H](CO)c1ccccc1)C(=O)[C@@H]3[C@H]2C(=O)NCc1ccccc1. The quantitative estimate of drug-likeness (QED) is 0.387. The van der Waals surface area contributed by atoms with E-state index in [1.54, 1.807) is 16.7 Å². The van der Waals surface area contributed by atoms with Gasteiger partial charge in [0.15, 0.2) is 0 Å². The van der Waals surface area contributed by atoms with Gasteiger partial charge in [0.25, 0.3) is 0 Å². The van der Waals surface area contributed by atoms with E-state index in [1.807, 2.05) is 60.7 Å². The number of aliphatic hydroxyl groups is 1. The Hall–Kier alpha value is -2.92. The molecular formula is C32H40N4O5S. The zero-order valence-electron chi connectivity index (χ0n) is 24.0. The van der Waals surface area contributed by atoms with E-state index in [0.29, 0.717) is 39.3 Å². The fourth-order valence-electron chi connectivity index (χ4n) is 7.58. The molecular weight excluding hydrogens is 552 g/mol. The molecule has 0 radical (unpaired) electrons. The van der Waals surface area contributed by atoms with Crippen LogP contribution in [0.15, 0.2) is 60.7 Å². The number of carbonyl (C=O) groups excluding carboxylic acids is 3. The Morgan fingerprint density at radius 2 is 1.71 bits per heavy atom. The van der Waals surface area contributed by atoms with Gasteiger partial charge in [-0.2, -0.15) is 0 Å². The lowest BCUT2D eigenvalue weighted by atomic mass is 9.66. The summed E-state index contributed by atoms with van der Waals surface area (Å²) in [5.41, 5.74) is 1.76. The normalized spacial score (nSPS) is 31.1. The second-order valence-electron chi connectivity index (χ2n) is 12.0. The summed E-state index contributed by atoms with van der Waals surface area (Å²) in [6.07, 6.45) is 1.41. The van der Waals surface area contributed by atoms with Crippen LogP contribution in [0.1, 0.15) is 36.9 Å². The topological polar surface area (TPSA) is 111 Å². The largest absolute Gasteiger partial charge is 0.394 e. The molecule has 4 aliphatic rings. The van der Waals surface area contributed by atoms with Crippen molar-refractivity contribution >= 4 is 29.5 Å². The van der Waals surface area contributed by atoms with Gasteiger partial charge in [0.1, 0.15) is 6.04 Å². The molecule has 0 aromatic heterocycles. The fourth-order valence-corrected chi connectivity index (χ4v) is 9.93. The van der Waals surface area contributed by atoms with Crippen molar-refractivity contribution in [3.8, 4) is 0 Å². The molecule has 42 heavy (non-hydrogen) atoms. The summed E-state index contributed by atoms with van der Waals surface area (Å²) in [4.78, 5) is 46.4. The van der Waals surface area contributed by atoms with Crippen LogP contribution in [0.5, 0.6) is 0 Å². The number of hydrogen-bond donors (Lipinski definition) is 3. The van der Waals surface area contributed by atoms with E-state index in [1.165, 1.54) is 0 Å². The minimum absolute atomic E-state index is 0.151. The molecule has 2 aromatic rings. The average molecular weight is 593 g/mol. The van der Waals surface area contributed by atoms with Crippen molar-refractivity contribution in [2.24, 2.45) is 11.8 Å². The van der Waals surface area contributed by atoms with Crippen LogP contribution in [0.3, 0.4) is 0 Å². The van der Waals surface area contributed by atoms with Gasteiger partial charge in [-0.25, -0.2) is 0 Å². The van der Waals surface area contributed by atoms with Crippen molar-refractivity contribution in [3.05, 3.63) is 71.8 Å². The summed E-state index contributed by atoms with van der Waals surface area (Å²) < 4.78 is 4.24. The monoisotopic (exact) mass is 592 g/mol. The first kappa shape index (κ1) is 29.2. The van der Waals surface area contributed by atoms with Gasteiger partial charge >= 0.3 is 0 Å². The molecule has 3 amide bonds. The number of morpholine rings is 1. The molecule has 1 spiro atoms. The maximum Gasteiger partial charge on any atom is 0.244 e. The Morgan fingerprint density at radius 3 is 2.40 bits per heavy atom. The molecule has 2 bridgehead atoms. The van der Waals surface area contributed by atoms with Crippen LogP contribution in [0.25, 0.3) is 0 Å². The van der Waals surface area contributed by atoms with E-state index in [4.69, 9.17) is 4.74 Å². The van der Waals surface area contributed by atoms with Crippen molar-refractivity contribution in [2.75, 3.05) is 46.0 Å². The van der Waals surface area contributed by atoms with E-state index in [0.717, 1.165) is 30.6 Å². The third-order valence-corrected chi connectivity index (χ3v) is 11.6. The van der Waals surface area contributed by atoms with E-state index in [-0.39, 0.29) is 24.3 Å². The van der Waals surface area contributed by atoms with E-state index in [2.05, 4.69) is 22.5 Å². The first-order valence-corrected chi connectivity index (χ1v) is 15.8. The van der Waals surface area contributed by atoms with Crippen LogP contribution in [-0.4, -0.2) is 94.2 Å². The summed E-state index contributed by atoms with van der Waals surface area (Å²) in [6, 6.07) is 17.6. The molecule has 6 atom stereocenters. The number of ether oxygens (including phenoxy) is 1. The molecule has 0 saturated carbocycles. The van der Waals surface area contributed by atoms with Gasteiger partial charge in [0, 0.05) is 37.5 Å². The zero-order chi connectivity index (χ0) is 29.3. The number of amides is 3. The van der Waals surface area contributed by atoms with Crippen LogP contribution in [0.4, 0.5) is 0 Å². The number of likely N-dealkylation sites (tertiary alicyclic amines) is 1. The second kappa shape index (κ2) is 12.0. The lowest BCUT2D eigenvalue weighted by Crippen LogP contribution is -2.55. The number of thioether (sulfide) groups is 1. The number of rotatable bonds is 10. The number of nitrogens with zero attached hydrogens (tertiary/aromatic N) is 2. The number of benzene rings is 2. The van der Waals surface area contributed by atoms with E-state index < -0.39 is 33.4 Å². The average Bonchev–Trinajstić information content (AvgIpc) is 3.59. The fraction of sp³-hybridized carbons (Fsp3) is 0.531. The van der Waals surface area contributed by atoms with Crippen molar-refractivity contribution in [2.45, 2.75) is 47.9 Å². The molecule has 0 aliphatic carbocycles. The number of carbonyl (C=O) groups is 3. The van der Waals surface area contributed by atoms with Crippen molar-refractivity contribution in [1.29, 1.82) is 0 Å². The first-order chi connectivity index (χ1) is 20.4. The van der Waals surface area contributed by atoms with E-state index in [9.17, 15) is 19.5 Å². The Kier molecular flexibility index (Phi) is 8.33. The smallest absolute Gasteiger partial charge is 0.244 e. The van der Waals surface area contributed by atoms with Gasteiger partial charge in [-0.15, -0.1) is 11.8 Å². The second-order valence-corrected chi connectivity index (χ2v) is 13.9. The van der Waals surface area contributed by atoms with Gasteiger partial charge in [-0.3, -0.25) is 19.3 Å². The maximum absolute atomic E-state index is 14.5. The molecule has 4 saturated heterocycles. The summed E-state index contributed by atoms with van der Waals surface area (Å²) in [7, 11) is 0. The minimum Gasteiger partial charge on any atom is -0.394 e. The zero-order valence-corrected chi connectivity index (χ0v) is 24.9. The number of aliphatic hydroxyl groups excluding tert-OH is 1. The van der Waals surface area contributed by atoms with Gasteiger partial charge in [-0.1, -0.05) is 60.7 Å². The molecule has 9 nitrogen and oxygen atoms in total. The summed E-state index contributed by atoms with van der Waals surface area (Å²) >= 11 is 1.65. The Morgan fingerprint density at radius 1 is 1.02 bits per heavy atom. The molecule has 2 aromatic carbocycles. The number of fused-ring (bicyclic) bond motifs is 1. The van der Waals surface area contributed by atoms with E-state index >= 15 is 0 Å². The summed E-state index contributed by atoms with van der Waals surface area (Å²) in [5, 5.41) is 16.9. The molecule has 3 N–H and O–H groups in total. The number of nitrogens with one attached hydrogen (secondary N) is 2. The van der Waals surface area contributed by atoms with Gasteiger partial charge < -0.3 is 25.4 Å². The molecule has 4 aliphatic heterocycles. The molecule has 6 rings (SSSR count). The highest BCUT2D eigenvalue weighted by Gasteiger charge is 2.77. The third kappa shape index (κ3) is 5.12. The Balaban J connectivity index is 1.30. The van der Waals surface area contributed by atoms with Crippen LogP contribution in [0.2, 0.25) is 0 Å². The lowest BCUT2D eigenvalue weighted by Gasteiger charge is -2.37. The predicted octanol–water partition coefficient (Wildman–Crippen LogP) is 1.97. The first-order valence-electron chi connectivity index (χ1n) is 15.0. The molecule has 4 fully saturated rings. The summed E-state index contributed by atoms with van der Waals surface area (Å²) in [5.74, 6) is -1.80. The number of hydrogen-bond acceptors (Lipinski definition) is 7. The molecule has 224 valence electrons.